The first kappa shape index (κ1) is 16.4. The van der Waals surface area contributed by atoms with Crippen LogP contribution in [0.15, 0.2) is 23.8 Å². The molecule has 0 spiro atoms. The van der Waals surface area contributed by atoms with E-state index in [2.05, 4.69) is 0 Å². The van der Waals surface area contributed by atoms with E-state index in [-0.39, 0.29) is 24.5 Å². The number of carbonyl (C=O) groups is 2. The molecule has 1 aliphatic rings. The van der Waals surface area contributed by atoms with E-state index in [0.717, 1.165) is 0 Å². The third-order valence-electron chi connectivity index (χ3n) is 3.31. The van der Waals surface area contributed by atoms with Gasteiger partial charge in [0.25, 0.3) is 5.91 Å². The Morgan fingerprint density at radius 1 is 1.55 bits per heavy atom. The summed E-state index contributed by atoms with van der Waals surface area (Å²) < 4.78 is 4.95. The van der Waals surface area contributed by atoms with Crippen molar-refractivity contribution in [1.29, 1.82) is 0 Å². The van der Waals surface area contributed by atoms with Crippen molar-refractivity contribution >= 4 is 12.0 Å². The number of amides is 2. The van der Waals surface area contributed by atoms with Crippen molar-refractivity contribution in [2.75, 3.05) is 6.61 Å². The van der Waals surface area contributed by atoms with Crippen molar-refractivity contribution in [2.45, 2.75) is 46.3 Å². The first-order chi connectivity index (χ1) is 9.38. The van der Waals surface area contributed by atoms with Crippen LogP contribution in [0.5, 0.6) is 0 Å². The summed E-state index contributed by atoms with van der Waals surface area (Å²) in [5, 5.41) is 9.59. The van der Waals surface area contributed by atoms with E-state index < -0.39 is 12.2 Å². The van der Waals surface area contributed by atoms with Crippen molar-refractivity contribution in [3.63, 3.8) is 0 Å². The zero-order chi connectivity index (χ0) is 15.3. The molecule has 112 valence electrons. The molecule has 1 saturated heterocycles. The number of hydrogen-bond acceptors (Lipinski definition) is 4. The fraction of sp³-hybridized carbons (Fsp3) is 0.600. The number of rotatable bonds is 5. The minimum Gasteiger partial charge on any atom is -0.447 e. The molecule has 0 aliphatic carbocycles. The molecule has 0 bridgehead atoms. The fourth-order valence-electron chi connectivity index (χ4n) is 2.04. The summed E-state index contributed by atoms with van der Waals surface area (Å²) in [4.78, 5) is 25.1. The maximum atomic E-state index is 12.3. The Morgan fingerprint density at radius 3 is 2.75 bits per heavy atom. The normalized spacial score (nSPS) is 21.7. The van der Waals surface area contributed by atoms with Crippen LogP contribution >= 0.6 is 0 Å². The summed E-state index contributed by atoms with van der Waals surface area (Å²) in [5.41, 5.74) is 0.443. The maximum absolute atomic E-state index is 12.3. The molecule has 1 rings (SSSR count). The number of aliphatic hydroxyl groups is 1. The second-order valence-corrected chi connectivity index (χ2v) is 5.28. The lowest BCUT2D eigenvalue weighted by Gasteiger charge is -2.22. The Bertz CT molecular complexity index is 426. The molecule has 1 aliphatic heterocycles. The summed E-state index contributed by atoms with van der Waals surface area (Å²) in [6.45, 7) is 7.60. The molecule has 0 saturated carbocycles. The molecule has 2 atom stereocenters. The zero-order valence-corrected chi connectivity index (χ0v) is 12.5. The van der Waals surface area contributed by atoms with Crippen molar-refractivity contribution in [3.05, 3.63) is 23.8 Å². The zero-order valence-electron chi connectivity index (χ0n) is 12.5. The molecule has 1 heterocycles. The number of imide groups is 1. The Kier molecular flexibility index (Phi) is 5.95. The molecule has 5 nitrogen and oxygen atoms in total. The van der Waals surface area contributed by atoms with E-state index in [4.69, 9.17) is 4.74 Å². The van der Waals surface area contributed by atoms with Gasteiger partial charge >= 0.3 is 6.09 Å². The molecule has 5 heteroatoms. The predicted molar refractivity (Wildman–Crippen MR) is 76.0 cm³/mol. The average Bonchev–Trinajstić information content (AvgIpc) is 2.77. The van der Waals surface area contributed by atoms with Crippen LogP contribution in [0, 0.1) is 5.92 Å². The van der Waals surface area contributed by atoms with Crippen LogP contribution in [-0.2, 0) is 9.53 Å². The topological polar surface area (TPSA) is 66.8 Å². The molecule has 1 fully saturated rings. The van der Waals surface area contributed by atoms with Crippen LogP contribution in [0.2, 0.25) is 0 Å². The summed E-state index contributed by atoms with van der Waals surface area (Å²) in [6, 6.07) is -0.223. The number of allylic oxidation sites excluding steroid dienone is 1. The molecule has 1 N–H and O–H groups in total. The van der Waals surface area contributed by atoms with Gasteiger partial charge in [-0.05, 0) is 26.2 Å². The molecule has 0 aromatic rings. The Morgan fingerprint density at radius 2 is 2.20 bits per heavy atom. The van der Waals surface area contributed by atoms with E-state index in [1.165, 1.54) is 4.90 Å². The monoisotopic (exact) mass is 281 g/mol. The van der Waals surface area contributed by atoms with E-state index in [1.807, 2.05) is 20.8 Å². The van der Waals surface area contributed by atoms with Crippen LogP contribution < -0.4 is 0 Å². The van der Waals surface area contributed by atoms with E-state index in [1.54, 1.807) is 25.2 Å². The number of nitrogens with zero attached hydrogens (tertiary/aromatic N) is 1. The average molecular weight is 281 g/mol. The second-order valence-electron chi connectivity index (χ2n) is 5.28. The van der Waals surface area contributed by atoms with E-state index in [0.29, 0.717) is 12.0 Å². The lowest BCUT2D eigenvalue weighted by molar-refractivity contribution is -0.125. The summed E-state index contributed by atoms with van der Waals surface area (Å²) in [7, 11) is 0. The first-order valence-corrected chi connectivity index (χ1v) is 6.86. The fourth-order valence-corrected chi connectivity index (χ4v) is 2.04. The van der Waals surface area contributed by atoms with Gasteiger partial charge in [0.05, 0.1) is 12.1 Å². The van der Waals surface area contributed by atoms with Crippen LogP contribution in [0.3, 0.4) is 0 Å². The van der Waals surface area contributed by atoms with Crippen LogP contribution in [0.1, 0.15) is 34.1 Å². The van der Waals surface area contributed by atoms with Crippen LogP contribution in [0.25, 0.3) is 0 Å². The summed E-state index contributed by atoms with van der Waals surface area (Å²) in [6.07, 6.45) is 4.19. The highest BCUT2D eigenvalue weighted by Gasteiger charge is 2.39. The Labute approximate surface area is 119 Å². The molecule has 20 heavy (non-hydrogen) atoms. The predicted octanol–water partition coefficient (Wildman–Crippen LogP) is 2.26. The van der Waals surface area contributed by atoms with E-state index >= 15 is 0 Å². The van der Waals surface area contributed by atoms with Crippen molar-refractivity contribution in [2.24, 2.45) is 5.92 Å². The van der Waals surface area contributed by atoms with Crippen molar-refractivity contribution in [3.8, 4) is 0 Å². The minimum absolute atomic E-state index is 0.145. The Balaban J connectivity index is 2.77. The molecule has 0 aromatic carbocycles. The number of ether oxygens (including phenoxy) is 1. The third-order valence-corrected chi connectivity index (χ3v) is 3.31. The van der Waals surface area contributed by atoms with E-state index in [9.17, 15) is 14.7 Å². The molecular formula is C15H23NO4. The van der Waals surface area contributed by atoms with Gasteiger partial charge in [0.1, 0.15) is 6.61 Å². The van der Waals surface area contributed by atoms with Gasteiger partial charge in [-0.3, -0.25) is 4.79 Å². The lowest BCUT2D eigenvalue weighted by Crippen LogP contribution is -2.42. The molecule has 0 unspecified atom stereocenters. The number of hydrogen-bond donors (Lipinski definition) is 1. The highest BCUT2D eigenvalue weighted by atomic mass is 16.6. The molecular weight excluding hydrogens is 258 g/mol. The minimum atomic E-state index is -0.617. The number of carbonyl (C=O) groups excluding carboxylic acids is 2. The smallest absolute Gasteiger partial charge is 0.417 e. The van der Waals surface area contributed by atoms with Gasteiger partial charge in [-0.25, -0.2) is 9.69 Å². The van der Waals surface area contributed by atoms with Gasteiger partial charge in [0.2, 0.25) is 0 Å². The summed E-state index contributed by atoms with van der Waals surface area (Å²) >= 11 is 0. The maximum Gasteiger partial charge on any atom is 0.417 e. The first-order valence-electron chi connectivity index (χ1n) is 6.86. The molecule has 0 aromatic heterocycles. The highest BCUT2D eigenvalue weighted by molar-refractivity contribution is 6.03. The van der Waals surface area contributed by atoms with Gasteiger partial charge in [-0.2, -0.15) is 0 Å². The summed E-state index contributed by atoms with van der Waals surface area (Å²) in [5.74, 6) is -0.203. The van der Waals surface area contributed by atoms with Crippen LogP contribution in [0.4, 0.5) is 4.79 Å². The number of cyclic esters (lactones) is 1. The quantitative estimate of drug-likeness (QED) is 0.620. The van der Waals surface area contributed by atoms with Crippen molar-refractivity contribution in [1.82, 2.24) is 4.90 Å². The molecule has 0 radical (unpaired) electrons. The van der Waals surface area contributed by atoms with Gasteiger partial charge in [-0.1, -0.05) is 32.1 Å². The highest BCUT2D eigenvalue weighted by Crippen LogP contribution is 2.21. The van der Waals surface area contributed by atoms with Gasteiger partial charge in [-0.15, -0.1) is 0 Å². The molecule has 2 amide bonds. The SMILES string of the molecule is C/C=C/[C@@H](O)C/C=C(\C)C(=O)N1C(=O)OC[C@@H]1C(C)C. The van der Waals surface area contributed by atoms with Crippen molar-refractivity contribution < 1.29 is 19.4 Å². The standard InChI is InChI=1S/C15H23NO4/c1-5-6-12(17)8-7-11(4)14(18)16-13(10(2)3)9-20-15(16)19/h5-7,10,12-13,17H,8-9H2,1-4H3/b6-5+,11-7+/t12-,13-/m1/s1. The largest absolute Gasteiger partial charge is 0.447 e. The second kappa shape index (κ2) is 7.24. The van der Waals surface area contributed by atoms with Gasteiger partial charge in [0.15, 0.2) is 0 Å². The van der Waals surface area contributed by atoms with Gasteiger partial charge < -0.3 is 9.84 Å². The lowest BCUT2D eigenvalue weighted by atomic mass is 10.0. The van der Waals surface area contributed by atoms with Crippen LogP contribution in [-0.4, -0.2) is 40.8 Å². The third kappa shape index (κ3) is 3.93. The van der Waals surface area contributed by atoms with Gasteiger partial charge in [0, 0.05) is 5.57 Å². The number of aliphatic hydroxyl groups excluding tert-OH is 1. The Hall–Kier alpha value is -1.62.